The Morgan fingerprint density at radius 2 is 1.79 bits per heavy atom. The molecule has 5 rings (SSSR count). The maximum absolute atomic E-state index is 10.9. The number of H-pyrrole nitrogens is 1. The summed E-state index contributed by atoms with van der Waals surface area (Å²) in [6, 6.07) is 20.7. The highest BCUT2D eigenvalue weighted by molar-refractivity contribution is 5.83. The van der Waals surface area contributed by atoms with Crippen molar-refractivity contribution in [2.24, 2.45) is 0 Å². The molecule has 28 heavy (non-hydrogen) atoms. The van der Waals surface area contributed by atoms with Crippen molar-refractivity contribution in [3.63, 3.8) is 0 Å². The Labute approximate surface area is 162 Å². The molecule has 3 aromatic carbocycles. The van der Waals surface area contributed by atoms with Gasteiger partial charge in [0.05, 0.1) is 16.7 Å². The van der Waals surface area contributed by atoms with Crippen molar-refractivity contribution >= 4 is 21.8 Å². The molecule has 2 heterocycles. The minimum atomic E-state index is 0.126. The predicted molar refractivity (Wildman–Crippen MR) is 111 cm³/mol. The number of imidazole rings is 1. The van der Waals surface area contributed by atoms with Crippen molar-refractivity contribution in [3.05, 3.63) is 83.0 Å². The van der Waals surface area contributed by atoms with Crippen LogP contribution in [0.1, 0.15) is 22.4 Å². The van der Waals surface area contributed by atoms with Crippen LogP contribution in [-0.4, -0.2) is 24.9 Å². The van der Waals surface area contributed by atoms with E-state index >= 15 is 0 Å². The Bertz CT molecular complexity index is 1330. The Balaban J connectivity index is 1.54. The van der Waals surface area contributed by atoms with Crippen molar-refractivity contribution in [1.82, 2.24) is 19.7 Å². The van der Waals surface area contributed by atoms with Crippen molar-refractivity contribution in [2.45, 2.75) is 20.3 Å². The first-order valence-electron chi connectivity index (χ1n) is 9.30. The molecule has 0 amide bonds. The molecule has 5 heteroatoms. The van der Waals surface area contributed by atoms with Gasteiger partial charge < -0.3 is 10.1 Å². The molecule has 0 unspecified atom stereocenters. The van der Waals surface area contributed by atoms with Crippen LogP contribution < -0.4 is 0 Å². The molecule has 0 aliphatic rings. The zero-order chi connectivity index (χ0) is 19.3. The first-order chi connectivity index (χ1) is 13.6. The number of hydrogen-bond acceptors (Lipinski definition) is 3. The Morgan fingerprint density at radius 1 is 0.964 bits per heavy atom. The molecule has 138 valence electrons. The number of rotatable bonds is 3. The fourth-order valence-electron chi connectivity index (χ4n) is 3.66. The number of benzene rings is 3. The highest BCUT2D eigenvalue weighted by atomic mass is 16.3. The third-order valence-electron chi connectivity index (χ3n) is 5.18. The minimum Gasteiger partial charge on any atom is -0.493 e. The lowest BCUT2D eigenvalue weighted by Gasteiger charge is -2.04. The number of hydrogen-bond donors (Lipinski definition) is 2. The Kier molecular flexibility index (Phi) is 3.69. The minimum absolute atomic E-state index is 0.126. The third kappa shape index (κ3) is 2.72. The van der Waals surface area contributed by atoms with Gasteiger partial charge in [-0.15, -0.1) is 0 Å². The molecule has 5 nitrogen and oxygen atoms in total. The van der Waals surface area contributed by atoms with Crippen molar-refractivity contribution in [1.29, 1.82) is 0 Å². The van der Waals surface area contributed by atoms with Gasteiger partial charge in [0.25, 0.3) is 0 Å². The molecule has 0 saturated heterocycles. The van der Waals surface area contributed by atoms with Gasteiger partial charge in [0.2, 0.25) is 11.8 Å². The van der Waals surface area contributed by atoms with E-state index in [0.29, 0.717) is 12.4 Å². The fraction of sp³-hybridized carbons (Fsp3) is 0.130. The summed E-state index contributed by atoms with van der Waals surface area (Å²) in [6.07, 6.45) is 0.613. The van der Waals surface area contributed by atoms with E-state index in [4.69, 9.17) is 0 Å². The molecule has 0 bridgehead atoms. The Hall–Kier alpha value is -3.60. The zero-order valence-electron chi connectivity index (χ0n) is 15.8. The number of fused-ring (bicyclic) bond motifs is 2. The molecule has 0 saturated carbocycles. The van der Waals surface area contributed by atoms with E-state index < -0.39 is 0 Å². The number of aromatic amines is 1. The van der Waals surface area contributed by atoms with Crippen LogP contribution in [0.4, 0.5) is 0 Å². The molecule has 2 N–H and O–H groups in total. The second-order valence-corrected chi connectivity index (χ2v) is 7.24. The monoisotopic (exact) mass is 368 g/mol. The average Bonchev–Trinajstić information content (AvgIpc) is 3.23. The highest BCUT2D eigenvalue weighted by Gasteiger charge is 2.18. The quantitative estimate of drug-likeness (QED) is 0.480. The van der Waals surface area contributed by atoms with E-state index in [9.17, 15) is 5.11 Å². The van der Waals surface area contributed by atoms with Gasteiger partial charge in [-0.05, 0) is 47.9 Å². The number of nitrogens with zero attached hydrogens (tertiary/aromatic N) is 3. The maximum Gasteiger partial charge on any atom is 0.232 e. The smallest absolute Gasteiger partial charge is 0.232 e. The van der Waals surface area contributed by atoms with Crippen molar-refractivity contribution < 1.29 is 5.11 Å². The van der Waals surface area contributed by atoms with Gasteiger partial charge in [0, 0.05) is 12.0 Å². The first kappa shape index (κ1) is 16.6. The highest BCUT2D eigenvalue weighted by Crippen LogP contribution is 2.28. The molecule has 5 aromatic rings. The van der Waals surface area contributed by atoms with Crippen molar-refractivity contribution in [2.75, 3.05) is 0 Å². The summed E-state index contributed by atoms with van der Waals surface area (Å²) in [5, 5.41) is 17.8. The molecule has 0 aliphatic carbocycles. The van der Waals surface area contributed by atoms with Gasteiger partial charge in [-0.1, -0.05) is 48.5 Å². The molecule has 0 spiro atoms. The van der Waals surface area contributed by atoms with Crippen LogP contribution in [0.2, 0.25) is 0 Å². The molecule has 0 radical (unpaired) electrons. The van der Waals surface area contributed by atoms with E-state index in [1.165, 1.54) is 15.5 Å². The summed E-state index contributed by atoms with van der Waals surface area (Å²) in [5.41, 5.74) is 5.66. The lowest BCUT2D eigenvalue weighted by Crippen LogP contribution is -1.98. The normalized spacial score (nSPS) is 11.5. The first-order valence-corrected chi connectivity index (χ1v) is 9.30. The largest absolute Gasteiger partial charge is 0.493 e. The standard InChI is InChI=1S/C23H20N4O/c1-14-7-10-20-21(11-14)25-23(24-20)27-22(28)19(15(2)26-27)13-16-8-9-17-5-3-4-6-18(17)12-16/h3-12,28H,13H2,1-2H3,(H,24,25). The molecular formula is C23H20N4O. The topological polar surface area (TPSA) is 66.7 Å². The van der Waals surface area contributed by atoms with Crippen LogP contribution in [0.3, 0.4) is 0 Å². The van der Waals surface area contributed by atoms with Gasteiger partial charge in [-0.2, -0.15) is 9.78 Å². The molecule has 0 aliphatic heterocycles. The van der Waals surface area contributed by atoms with Gasteiger partial charge in [0.15, 0.2) is 0 Å². The second-order valence-electron chi connectivity index (χ2n) is 7.24. The summed E-state index contributed by atoms with van der Waals surface area (Å²) in [6.45, 7) is 3.95. The molecule has 2 aromatic heterocycles. The van der Waals surface area contributed by atoms with E-state index in [1.807, 2.05) is 44.2 Å². The summed E-state index contributed by atoms with van der Waals surface area (Å²) >= 11 is 0. The second kappa shape index (κ2) is 6.23. The lowest BCUT2D eigenvalue weighted by atomic mass is 10.0. The maximum atomic E-state index is 10.9. The number of nitrogens with one attached hydrogen (secondary N) is 1. The van der Waals surface area contributed by atoms with E-state index in [-0.39, 0.29) is 5.88 Å². The van der Waals surface area contributed by atoms with E-state index in [0.717, 1.165) is 33.4 Å². The number of aromatic nitrogens is 4. The summed E-state index contributed by atoms with van der Waals surface area (Å²) in [4.78, 5) is 7.83. The SMILES string of the molecule is Cc1ccc2[nH]c(-n3nc(C)c(Cc4ccc5ccccc5c4)c3O)nc2c1. The predicted octanol–water partition coefficient (Wildman–Crippen LogP) is 4.82. The lowest BCUT2D eigenvalue weighted by molar-refractivity contribution is 0.426. The molecular weight excluding hydrogens is 348 g/mol. The zero-order valence-corrected chi connectivity index (χ0v) is 15.8. The average molecular weight is 368 g/mol. The van der Waals surface area contributed by atoms with Gasteiger partial charge in [0.1, 0.15) is 0 Å². The van der Waals surface area contributed by atoms with Gasteiger partial charge in [-0.25, -0.2) is 4.98 Å². The van der Waals surface area contributed by atoms with Crippen LogP contribution in [0.15, 0.2) is 60.7 Å². The fourth-order valence-corrected chi connectivity index (χ4v) is 3.66. The molecule has 0 atom stereocenters. The van der Waals surface area contributed by atoms with Crippen LogP contribution in [0, 0.1) is 13.8 Å². The summed E-state index contributed by atoms with van der Waals surface area (Å²) in [5.74, 6) is 0.646. The van der Waals surface area contributed by atoms with Crippen molar-refractivity contribution in [3.8, 4) is 11.8 Å². The summed E-state index contributed by atoms with van der Waals surface area (Å²) < 4.78 is 1.49. The van der Waals surface area contributed by atoms with Gasteiger partial charge >= 0.3 is 0 Å². The third-order valence-corrected chi connectivity index (χ3v) is 5.18. The van der Waals surface area contributed by atoms with Gasteiger partial charge in [-0.3, -0.25) is 0 Å². The van der Waals surface area contributed by atoms with E-state index in [1.54, 1.807) is 0 Å². The van der Waals surface area contributed by atoms with Crippen LogP contribution >= 0.6 is 0 Å². The number of aromatic hydroxyl groups is 1. The van der Waals surface area contributed by atoms with Crippen LogP contribution in [-0.2, 0) is 6.42 Å². The summed E-state index contributed by atoms with van der Waals surface area (Å²) in [7, 11) is 0. The van der Waals surface area contributed by atoms with Crippen LogP contribution in [0.25, 0.3) is 27.8 Å². The van der Waals surface area contributed by atoms with Crippen LogP contribution in [0.5, 0.6) is 5.88 Å². The Morgan fingerprint density at radius 3 is 2.64 bits per heavy atom. The number of aryl methyl sites for hydroxylation is 2. The molecule has 0 fully saturated rings. The van der Waals surface area contributed by atoms with E-state index in [2.05, 4.69) is 45.4 Å².